The van der Waals surface area contributed by atoms with Crippen LogP contribution in [0, 0.1) is 0 Å². The summed E-state index contributed by atoms with van der Waals surface area (Å²) >= 11 is 0. The third-order valence-corrected chi connectivity index (χ3v) is 5.56. The fraction of sp³-hybridized carbons (Fsp3) is 0.222. The third-order valence-electron chi connectivity index (χ3n) is 5.56. The highest BCUT2D eigenvalue weighted by Crippen LogP contribution is 2.22. The van der Waals surface area contributed by atoms with Gasteiger partial charge in [0.15, 0.2) is 6.61 Å². The van der Waals surface area contributed by atoms with Gasteiger partial charge >= 0.3 is 5.97 Å². The Hall–Kier alpha value is -3.93. The Labute approximate surface area is 192 Å². The Morgan fingerprint density at radius 1 is 0.909 bits per heavy atom. The smallest absolute Gasteiger partial charge is 0.306 e. The molecule has 0 saturated heterocycles. The number of aryl methyl sites for hydroxylation is 1. The molecule has 0 N–H and O–H groups in total. The molecular weight excluding hydrogens is 416 g/mol. The van der Waals surface area contributed by atoms with Crippen LogP contribution in [-0.4, -0.2) is 42.5 Å². The van der Waals surface area contributed by atoms with Gasteiger partial charge in [0.05, 0.1) is 19.0 Å². The van der Waals surface area contributed by atoms with Crippen LogP contribution in [0.5, 0.6) is 5.75 Å². The predicted molar refractivity (Wildman–Crippen MR) is 128 cm³/mol. The maximum atomic E-state index is 12.4. The molecule has 6 heteroatoms. The van der Waals surface area contributed by atoms with Crippen LogP contribution in [0.3, 0.4) is 0 Å². The quantitative estimate of drug-likeness (QED) is 0.375. The molecule has 0 saturated carbocycles. The van der Waals surface area contributed by atoms with Crippen molar-refractivity contribution in [1.29, 1.82) is 0 Å². The Balaban J connectivity index is 1.26. The molecule has 0 radical (unpaired) electrons. The molecule has 0 aliphatic heterocycles. The van der Waals surface area contributed by atoms with E-state index >= 15 is 0 Å². The molecule has 1 heterocycles. The minimum atomic E-state index is -0.411. The Morgan fingerprint density at radius 3 is 2.52 bits per heavy atom. The van der Waals surface area contributed by atoms with E-state index in [4.69, 9.17) is 9.47 Å². The second-order valence-corrected chi connectivity index (χ2v) is 7.95. The summed E-state index contributed by atoms with van der Waals surface area (Å²) in [5.41, 5.74) is 2.72. The number of carbonyl (C=O) groups is 2. The summed E-state index contributed by atoms with van der Waals surface area (Å²) in [5, 5.41) is 3.20. The molecule has 0 spiro atoms. The van der Waals surface area contributed by atoms with Crippen molar-refractivity contribution in [3.05, 3.63) is 84.1 Å². The summed E-state index contributed by atoms with van der Waals surface area (Å²) < 4.78 is 10.5. The fourth-order valence-corrected chi connectivity index (χ4v) is 3.66. The van der Waals surface area contributed by atoms with E-state index in [0.29, 0.717) is 13.0 Å². The highest BCUT2D eigenvalue weighted by Gasteiger charge is 2.13. The second-order valence-electron chi connectivity index (χ2n) is 7.95. The highest BCUT2D eigenvalue weighted by atomic mass is 16.5. The van der Waals surface area contributed by atoms with Gasteiger partial charge in [-0.15, -0.1) is 0 Å². The van der Waals surface area contributed by atoms with E-state index in [9.17, 15) is 9.59 Å². The number of aromatic nitrogens is 1. The van der Waals surface area contributed by atoms with Gasteiger partial charge < -0.3 is 14.4 Å². The normalized spacial score (nSPS) is 10.8. The summed E-state index contributed by atoms with van der Waals surface area (Å²) in [7, 11) is 3.34. The van der Waals surface area contributed by atoms with Gasteiger partial charge in [-0.2, -0.15) is 0 Å². The number of rotatable bonds is 8. The van der Waals surface area contributed by atoms with Gasteiger partial charge in [-0.1, -0.05) is 42.5 Å². The molecule has 1 amide bonds. The van der Waals surface area contributed by atoms with Gasteiger partial charge in [0.2, 0.25) is 0 Å². The van der Waals surface area contributed by atoms with Gasteiger partial charge in [0, 0.05) is 31.1 Å². The number of hydrogen-bond donors (Lipinski definition) is 0. The minimum absolute atomic E-state index is 0.177. The molecule has 0 bridgehead atoms. The summed E-state index contributed by atoms with van der Waals surface area (Å²) in [6.07, 6.45) is 0.645. The Morgan fingerprint density at radius 2 is 1.67 bits per heavy atom. The van der Waals surface area contributed by atoms with Gasteiger partial charge in [0.25, 0.3) is 5.91 Å². The van der Waals surface area contributed by atoms with Crippen molar-refractivity contribution in [2.24, 2.45) is 0 Å². The summed E-state index contributed by atoms with van der Waals surface area (Å²) in [4.78, 5) is 30.7. The lowest BCUT2D eigenvalue weighted by molar-refractivity contribution is -0.151. The van der Waals surface area contributed by atoms with Crippen LogP contribution in [-0.2, 0) is 27.3 Å². The number of hydrogen-bond acceptors (Lipinski definition) is 5. The zero-order valence-electron chi connectivity index (χ0n) is 18.8. The first kappa shape index (κ1) is 22.3. The zero-order chi connectivity index (χ0) is 23.2. The van der Waals surface area contributed by atoms with E-state index in [1.807, 2.05) is 72.8 Å². The fourth-order valence-electron chi connectivity index (χ4n) is 3.66. The predicted octanol–water partition coefficient (Wildman–Crippen LogP) is 4.53. The molecule has 0 atom stereocenters. The number of fused-ring (bicyclic) bond motifs is 2. The SMILES string of the molecule is COc1ccc2cc(CN(C)C(=O)COC(=O)CCc3ccc4ccccc4n3)ccc2c1. The summed E-state index contributed by atoms with van der Waals surface area (Å²) in [6.45, 7) is 0.157. The Bertz CT molecular complexity index is 1300. The van der Waals surface area contributed by atoms with Crippen LogP contribution in [0.15, 0.2) is 72.8 Å². The van der Waals surface area contributed by atoms with Crippen LogP contribution in [0.1, 0.15) is 17.7 Å². The molecular formula is C27H26N2O4. The van der Waals surface area contributed by atoms with Crippen molar-refractivity contribution >= 4 is 33.6 Å². The topological polar surface area (TPSA) is 68.7 Å². The maximum Gasteiger partial charge on any atom is 0.306 e. The molecule has 1 aromatic heterocycles. The number of likely N-dealkylation sites (N-methyl/N-ethyl adjacent to an activating group) is 1. The molecule has 0 aliphatic rings. The van der Waals surface area contributed by atoms with Crippen molar-refractivity contribution in [1.82, 2.24) is 9.88 Å². The number of para-hydroxylation sites is 1. The van der Waals surface area contributed by atoms with Gasteiger partial charge in [-0.25, -0.2) is 0 Å². The first-order valence-corrected chi connectivity index (χ1v) is 10.8. The van der Waals surface area contributed by atoms with Gasteiger partial charge in [0.1, 0.15) is 5.75 Å². The van der Waals surface area contributed by atoms with Crippen molar-refractivity contribution in [3.63, 3.8) is 0 Å². The van der Waals surface area contributed by atoms with Crippen LogP contribution in [0.25, 0.3) is 21.7 Å². The van der Waals surface area contributed by atoms with E-state index in [2.05, 4.69) is 4.98 Å². The van der Waals surface area contributed by atoms with Gasteiger partial charge in [-0.05, 0) is 46.7 Å². The van der Waals surface area contributed by atoms with E-state index in [1.165, 1.54) is 0 Å². The summed E-state index contributed by atoms with van der Waals surface area (Å²) in [6, 6.07) is 23.6. The van der Waals surface area contributed by atoms with Crippen LogP contribution in [0.2, 0.25) is 0 Å². The molecule has 0 fully saturated rings. The monoisotopic (exact) mass is 442 g/mol. The first-order chi connectivity index (χ1) is 16.0. The summed E-state index contributed by atoms with van der Waals surface area (Å²) in [5.74, 6) is 0.147. The van der Waals surface area contributed by atoms with Gasteiger partial charge in [-0.3, -0.25) is 14.6 Å². The van der Waals surface area contributed by atoms with Crippen molar-refractivity contribution < 1.29 is 19.1 Å². The molecule has 3 aromatic carbocycles. The number of amides is 1. The van der Waals surface area contributed by atoms with Crippen molar-refractivity contribution in [2.75, 3.05) is 20.8 Å². The number of esters is 1. The number of benzene rings is 3. The van der Waals surface area contributed by atoms with E-state index in [1.54, 1.807) is 19.1 Å². The standard InChI is InChI=1S/C27H26N2O4/c1-29(17-19-7-8-22-16-24(32-2)13-10-21(22)15-19)26(30)18-33-27(31)14-12-23-11-9-20-5-3-4-6-25(20)28-23/h3-11,13,15-16H,12,14,17-18H2,1-2H3. The maximum absolute atomic E-state index is 12.4. The average molecular weight is 443 g/mol. The minimum Gasteiger partial charge on any atom is -0.497 e. The number of pyridine rings is 1. The van der Waals surface area contributed by atoms with Crippen molar-refractivity contribution in [2.45, 2.75) is 19.4 Å². The number of nitrogens with zero attached hydrogens (tertiary/aromatic N) is 2. The third kappa shape index (κ3) is 5.66. The molecule has 0 unspecified atom stereocenters. The van der Waals surface area contributed by atoms with Crippen LogP contribution < -0.4 is 4.74 Å². The largest absolute Gasteiger partial charge is 0.497 e. The van der Waals surface area contributed by atoms with Crippen LogP contribution in [0.4, 0.5) is 0 Å². The molecule has 6 nitrogen and oxygen atoms in total. The molecule has 0 aliphatic carbocycles. The average Bonchev–Trinajstić information content (AvgIpc) is 2.85. The first-order valence-electron chi connectivity index (χ1n) is 10.8. The molecule has 168 valence electrons. The lowest BCUT2D eigenvalue weighted by Gasteiger charge is -2.17. The van der Waals surface area contributed by atoms with Crippen LogP contribution >= 0.6 is 0 Å². The number of methoxy groups -OCH3 is 1. The zero-order valence-corrected chi connectivity index (χ0v) is 18.8. The highest BCUT2D eigenvalue weighted by molar-refractivity contribution is 5.85. The van der Waals surface area contributed by atoms with E-state index < -0.39 is 5.97 Å². The number of ether oxygens (including phenoxy) is 2. The Kier molecular flexibility index (Phi) is 6.83. The van der Waals surface area contributed by atoms with Crippen molar-refractivity contribution in [3.8, 4) is 5.75 Å². The molecule has 4 aromatic rings. The number of carbonyl (C=O) groups excluding carboxylic acids is 2. The lowest BCUT2D eigenvalue weighted by Crippen LogP contribution is -2.30. The molecule has 4 rings (SSSR count). The second kappa shape index (κ2) is 10.1. The molecule has 33 heavy (non-hydrogen) atoms. The van der Waals surface area contributed by atoms with E-state index in [-0.39, 0.29) is 18.9 Å². The van der Waals surface area contributed by atoms with E-state index in [0.717, 1.165) is 38.7 Å². The lowest BCUT2D eigenvalue weighted by atomic mass is 10.1.